The predicted molar refractivity (Wildman–Crippen MR) is 140 cm³/mol. The first kappa shape index (κ1) is 24.2. The lowest BCUT2D eigenvalue weighted by atomic mass is 9.89. The van der Waals surface area contributed by atoms with Crippen molar-refractivity contribution in [2.24, 2.45) is 5.92 Å². The molecule has 190 valence electrons. The van der Waals surface area contributed by atoms with E-state index in [-0.39, 0.29) is 11.9 Å². The lowest BCUT2D eigenvalue weighted by Crippen LogP contribution is -2.40. The predicted octanol–water partition coefficient (Wildman–Crippen LogP) is 5.02. The number of benzene rings is 1. The molecule has 36 heavy (non-hydrogen) atoms. The van der Waals surface area contributed by atoms with Crippen molar-refractivity contribution in [1.29, 1.82) is 0 Å². The molecule has 4 heterocycles. The highest BCUT2D eigenvalue weighted by atomic mass is 16.5. The number of rotatable bonds is 5. The van der Waals surface area contributed by atoms with E-state index in [1.54, 1.807) is 10.7 Å². The summed E-state index contributed by atoms with van der Waals surface area (Å²) in [6.07, 6.45) is 7.53. The van der Waals surface area contributed by atoms with Gasteiger partial charge in [0.05, 0.1) is 23.9 Å². The van der Waals surface area contributed by atoms with Gasteiger partial charge in [-0.2, -0.15) is 5.10 Å². The molecule has 5 rings (SSSR count). The molecule has 8 nitrogen and oxygen atoms in total. The Kier molecular flexibility index (Phi) is 7.11. The van der Waals surface area contributed by atoms with Gasteiger partial charge in [-0.25, -0.2) is 9.31 Å². The quantitative estimate of drug-likeness (QED) is 0.546. The Morgan fingerprint density at radius 3 is 2.39 bits per heavy atom. The van der Waals surface area contributed by atoms with Crippen LogP contribution in [0.15, 0.2) is 48.8 Å². The van der Waals surface area contributed by atoms with Gasteiger partial charge in [-0.15, -0.1) is 0 Å². The van der Waals surface area contributed by atoms with Gasteiger partial charge >= 0.3 is 6.03 Å². The fourth-order valence-electron chi connectivity index (χ4n) is 5.22. The Labute approximate surface area is 212 Å². The summed E-state index contributed by atoms with van der Waals surface area (Å²) in [5.74, 6) is 1.90. The molecule has 0 spiro atoms. The van der Waals surface area contributed by atoms with Gasteiger partial charge in [-0.05, 0) is 86.4 Å². The van der Waals surface area contributed by atoms with E-state index in [1.807, 2.05) is 47.2 Å². The number of aromatic nitrogens is 2. The number of fused-ring (bicyclic) bond motifs is 1. The molecule has 0 bridgehead atoms. The number of likely N-dealkylation sites (tertiary alicyclic amines) is 2. The molecule has 1 N–H and O–H groups in total. The van der Waals surface area contributed by atoms with Crippen molar-refractivity contribution in [2.75, 3.05) is 38.1 Å². The topological polar surface area (TPSA) is 79.2 Å². The average molecular weight is 490 g/mol. The van der Waals surface area contributed by atoms with E-state index in [1.165, 1.54) is 5.56 Å². The van der Waals surface area contributed by atoms with Gasteiger partial charge in [-0.1, -0.05) is 6.92 Å². The maximum absolute atomic E-state index is 13.2. The molecule has 2 aromatic heterocycles. The molecule has 0 saturated carbocycles. The number of nitrogens with one attached hydrogen (secondary N) is 1. The second kappa shape index (κ2) is 10.6. The van der Waals surface area contributed by atoms with E-state index in [2.05, 4.69) is 29.5 Å². The summed E-state index contributed by atoms with van der Waals surface area (Å²) in [7, 11) is 0. The van der Waals surface area contributed by atoms with Gasteiger partial charge in [0.2, 0.25) is 0 Å². The van der Waals surface area contributed by atoms with Crippen molar-refractivity contribution < 1.29 is 14.3 Å². The Balaban J connectivity index is 1.21. The van der Waals surface area contributed by atoms with Crippen LogP contribution in [0.25, 0.3) is 5.52 Å². The minimum Gasteiger partial charge on any atom is -0.494 e. The summed E-state index contributed by atoms with van der Waals surface area (Å²) < 4.78 is 7.26. The number of urea groups is 1. The van der Waals surface area contributed by atoms with Crippen molar-refractivity contribution in [1.82, 2.24) is 19.4 Å². The first-order chi connectivity index (χ1) is 17.5. The lowest BCUT2D eigenvalue weighted by Gasteiger charge is -2.32. The lowest BCUT2D eigenvalue weighted by molar-refractivity contribution is 0.0699. The molecule has 0 radical (unpaired) electrons. The van der Waals surface area contributed by atoms with Crippen molar-refractivity contribution in [2.45, 2.75) is 45.4 Å². The Hall–Kier alpha value is -3.55. The summed E-state index contributed by atoms with van der Waals surface area (Å²) in [4.78, 5) is 29.8. The van der Waals surface area contributed by atoms with Crippen LogP contribution in [0, 0.1) is 5.92 Å². The minimum absolute atomic E-state index is 0.0763. The summed E-state index contributed by atoms with van der Waals surface area (Å²) >= 11 is 0. The van der Waals surface area contributed by atoms with E-state index in [4.69, 9.17) is 4.74 Å². The maximum Gasteiger partial charge on any atom is 0.321 e. The minimum atomic E-state index is -0.0763. The number of amides is 3. The highest BCUT2D eigenvalue weighted by Crippen LogP contribution is 2.30. The Bertz CT molecular complexity index is 1210. The van der Waals surface area contributed by atoms with Gasteiger partial charge in [-0.3, -0.25) is 4.79 Å². The maximum atomic E-state index is 13.2. The van der Waals surface area contributed by atoms with Crippen LogP contribution in [-0.4, -0.2) is 64.1 Å². The molecule has 8 heteroatoms. The molecule has 2 aliphatic rings. The number of carbonyl (C=O) groups is 2. The smallest absolute Gasteiger partial charge is 0.321 e. The standard InChI is InChI=1S/C28H35N5O3/c1-3-36-24-6-4-23(5-7-24)30-28(35)32-15-10-21(11-16-32)22-12-17-33-26(18-22)25(19-29-33)27(34)31-13-8-20(2)9-14-31/h4-7,12,17-21H,3,8-11,13-16H2,1-2H3,(H,30,35). The third-order valence-corrected chi connectivity index (χ3v) is 7.52. The Morgan fingerprint density at radius 2 is 1.69 bits per heavy atom. The van der Waals surface area contributed by atoms with E-state index in [9.17, 15) is 9.59 Å². The van der Waals surface area contributed by atoms with E-state index < -0.39 is 0 Å². The largest absolute Gasteiger partial charge is 0.494 e. The van der Waals surface area contributed by atoms with Crippen LogP contribution in [-0.2, 0) is 0 Å². The fraction of sp³-hybridized carbons (Fsp3) is 0.464. The van der Waals surface area contributed by atoms with Crippen molar-refractivity contribution in [3.63, 3.8) is 0 Å². The van der Waals surface area contributed by atoms with Crippen LogP contribution >= 0.6 is 0 Å². The number of anilines is 1. The van der Waals surface area contributed by atoms with Crippen LogP contribution in [0.3, 0.4) is 0 Å². The second-order valence-electron chi connectivity index (χ2n) is 9.97. The number of hydrogen-bond donors (Lipinski definition) is 1. The molecule has 3 amide bonds. The van der Waals surface area contributed by atoms with Crippen LogP contribution in [0.2, 0.25) is 0 Å². The molecular weight excluding hydrogens is 454 g/mol. The third-order valence-electron chi connectivity index (χ3n) is 7.52. The van der Waals surface area contributed by atoms with Gasteiger partial charge in [0.15, 0.2) is 0 Å². The molecule has 0 unspecified atom stereocenters. The van der Waals surface area contributed by atoms with Gasteiger partial charge < -0.3 is 19.9 Å². The first-order valence-electron chi connectivity index (χ1n) is 13.1. The van der Waals surface area contributed by atoms with Crippen molar-refractivity contribution in [3.8, 4) is 5.75 Å². The average Bonchev–Trinajstić information content (AvgIpc) is 3.33. The molecule has 0 atom stereocenters. The van der Waals surface area contributed by atoms with E-state index in [0.29, 0.717) is 37.1 Å². The van der Waals surface area contributed by atoms with Crippen LogP contribution in [0.5, 0.6) is 5.75 Å². The molecule has 0 aliphatic carbocycles. The molecule has 3 aromatic rings. The second-order valence-corrected chi connectivity index (χ2v) is 9.97. The normalized spacial score (nSPS) is 17.4. The molecule has 1 aromatic carbocycles. The summed E-state index contributed by atoms with van der Waals surface area (Å²) in [5, 5.41) is 7.41. The summed E-state index contributed by atoms with van der Waals surface area (Å²) in [6.45, 7) is 7.82. The zero-order valence-corrected chi connectivity index (χ0v) is 21.2. The number of hydrogen-bond acceptors (Lipinski definition) is 4. The number of piperidine rings is 2. The highest BCUT2D eigenvalue weighted by molar-refractivity contribution is 6.00. The van der Waals surface area contributed by atoms with E-state index >= 15 is 0 Å². The molecular formula is C28H35N5O3. The van der Waals surface area contributed by atoms with Gasteiger partial charge in [0.1, 0.15) is 5.75 Å². The van der Waals surface area contributed by atoms with Gasteiger partial charge in [0, 0.05) is 38.1 Å². The fourth-order valence-corrected chi connectivity index (χ4v) is 5.22. The summed E-state index contributed by atoms with van der Waals surface area (Å²) in [5.41, 5.74) is 3.51. The van der Waals surface area contributed by atoms with Crippen LogP contribution < -0.4 is 10.1 Å². The van der Waals surface area contributed by atoms with E-state index in [0.717, 1.165) is 55.7 Å². The Morgan fingerprint density at radius 1 is 1.00 bits per heavy atom. The number of ether oxygens (including phenoxy) is 1. The highest BCUT2D eigenvalue weighted by Gasteiger charge is 2.27. The van der Waals surface area contributed by atoms with Crippen LogP contribution in [0.1, 0.15) is 61.4 Å². The number of pyridine rings is 1. The monoisotopic (exact) mass is 489 g/mol. The first-order valence-corrected chi connectivity index (χ1v) is 13.1. The number of nitrogens with zero attached hydrogens (tertiary/aromatic N) is 4. The molecule has 2 fully saturated rings. The zero-order valence-electron chi connectivity index (χ0n) is 21.2. The van der Waals surface area contributed by atoms with Crippen molar-refractivity contribution in [3.05, 3.63) is 59.9 Å². The molecule has 2 aliphatic heterocycles. The summed E-state index contributed by atoms with van der Waals surface area (Å²) in [6, 6.07) is 11.6. The SMILES string of the molecule is CCOc1ccc(NC(=O)N2CCC(c3ccn4ncc(C(=O)N5CCC(C)CC5)c4c3)CC2)cc1. The zero-order chi connectivity index (χ0) is 25.1. The molecule has 2 saturated heterocycles. The van der Waals surface area contributed by atoms with Crippen molar-refractivity contribution >= 4 is 23.1 Å². The number of carbonyl (C=O) groups excluding carboxylic acids is 2. The van der Waals surface area contributed by atoms with Gasteiger partial charge in [0.25, 0.3) is 5.91 Å². The van der Waals surface area contributed by atoms with Crippen LogP contribution in [0.4, 0.5) is 10.5 Å². The third kappa shape index (κ3) is 5.17.